The maximum absolute atomic E-state index is 12.4. The van der Waals surface area contributed by atoms with Gasteiger partial charge in [-0.2, -0.15) is 0 Å². The summed E-state index contributed by atoms with van der Waals surface area (Å²) >= 11 is 0. The third-order valence-electron chi connectivity index (χ3n) is 4.05. The zero-order valence-corrected chi connectivity index (χ0v) is 11.9. The maximum atomic E-state index is 12.4. The van der Waals surface area contributed by atoms with Crippen LogP contribution in [-0.2, 0) is 12.8 Å². The van der Waals surface area contributed by atoms with E-state index in [0.717, 1.165) is 18.4 Å². The summed E-state index contributed by atoms with van der Waals surface area (Å²) in [4.78, 5) is 12.4. The van der Waals surface area contributed by atoms with Crippen LogP contribution in [0.5, 0.6) is 0 Å². The molecular formula is C18H19NO2. The minimum absolute atomic E-state index is 0.110. The lowest BCUT2D eigenvalue weighted by Crippen LogP contribution is -2.30. The Morgan fingerprint density at radius 3 is 2.62 bits per heavy atom. The molecule has 0 bridgehead atoms. The summed E-state index contributed by atoms with van der Waals surface area (Å²) in [5, 5.41) is 12.4. The van der Waals surface area contributed by atoms with E-state index in [-0.39, 0.29) is 18.6 Å². The van der Waals surface area contributed by atoms with Gasteiger partial charge < -0.3 is 10.4 Å². The Bertz CT molecular complexity index is 637. The number of aliphatic hydroxyl groups is 1. The highest BCUT2D eigenvalue weighted by Crippen LogP contribution is 2.23. The van der Waals surface area contributed by atoms with Gasteiger partial charge in [-0.05, 0) is 48.1 Å². The van der Waals surface area contributed by atoms with Crippen molar-refractivity contribution in [3.8, 4) is 0 Å². The van der Waals surface area contributed by atoms with Crippen molar-refractivity contribution in [2.75, 3.05) is 6.61 Å². The molecule has 0 saturated heterocycles. The predicted molar refractivity (Wildman–Crippen MR) is 82.2 cm³/mol. The maximum Gasteiger partial charge on any atom is 0.251 e. The quantitative estimate of drug-likeness (QED) is 0.905. The monoisotopic (exact) mass is 281 g/mol. The number of hydrogen-bond acceptors (Lipinski definition) is 2. The van der Waals surface area contributed by atoms with E-state index in [1.807, 2.05) is 48.5 Å². The Morgan fingerprint density at radius 2 is 1.86 bits per heavy atom. The fraction of sp³-hybridized carbons (Fsp3) is 0.278. The van der Waals surface area contributed by atoms with Crippen molar-refractivity contribution in [3.05, 3.63) is 70.8 Å². The van der Waals surface area contributed by atoms with Crippen LogP contribution in [0.4, 0.5) is 0 Å². The summed E-state index contributed by atoms with van der Waals surface area (Å²) in [7, 11) is 0. The van der Waals surface area contributed by atoms with Gasteiger partial charge in [-0.15, -0.1) is 0 Å². The minimum atomic E-state index is -0.369. The number of benzene rings is 2. The van der Waals surface area contributed by atoms with Gasteiger partial charge in [0.1, 0.15) is 0 Å². The number of nitrogens with one attached hydrogen (secondary N) is 1. The molecule has 2 aromatic carbocycles. The predicted octanol–water partition coefficient (Wildman–Crippen LogP) is 2.64. The van der Waals surface area contributed by atoms with Crippen molar-refractivity contribution in [3.63, 3.8) is 0 Å². The molecule has 0 spiro atoms. The standard InChI is InChI=1S/C18H19NO2/c20-12-17(14-5-2-1-3-6-14)19-18(21)16-10-9-13-7-4-8-15(13)11-16/h1-3,5-6,9-11,17,20H,4,7-8,12H2,(H,19,21)/t17-/m1/s1. The molecule has 0 aromatic heterocycles. The number of carbonyl (C=O) groups is 1. The Balaban J connectivity index is 1.76. The zero-order chi connectivity index (χ0) is 14.7. The van der Waals surface area contributed by atoms with Gasteiger partial charge in [0.2, 0.25) is 0 Å². The average Bonchev–Trinajstić information content (AvgIpc) is 3.00. The highest BCUT2D eigenvalue weighted by molar-refractivity contribution is 5.94. The molecule has 0 aliphatic heterocycles. The summed E-state index contributed by atoms with van der Waals surface area (Å²) < 4.78 is 0. The van der Waals surface area contributed by atoms with Crippen LogP contribution >= 0.6 is 0 Å². The molecule has 0 unspecified atom stereocenters. The van der Waals surface area contributed by atoms with Gasteiger partial charge in [0.25, 0.3) is 5.91 Å². The SMILES string of the molecule is O=C(N[C@H](CO)c1ccccc1)c1ccc2c(c1)CCC2. The lowest BCUT2D eigenvalue weighted by atomic mass is 10.0. The van der Waals surface area contributed by atoms with Gasteiger partial charge in [0.15, 0.2) is 0 Å². The molecule has 1 aliphatic rings. The Labute approximate surface area is 124 Å². The fourth-order valence-electron chi connectivity index (χ4n) is 2.87. The second-order valence-electron chi connectivity index (χ2n) is 5.46. The van der Waals surface area contributed by atoms with E-state index in [1.165, 1.54) is 17.5 Å². The molecule has 0 radical (unpaired) electrons. The molecule has 3 rings (SSSR count). The van der Waals surface area contributed by atoms with E-state index in [9.17, 15) is 9.90 Å². The molecule has 1 atom stereocenters. The molecular weight excluding hydrogens is 262 g/mol. The lowest BCUT2D eigenvalue weighted by molar-refractivity contribution is 0.0916. The molecule has 108 valence electrons. The molecule has 2 aromatic rings. The topological polar surface area (TPSA) is 49.3 Å². The highest BCUT2D eigenvalue weighted by Gasteiger charge is 2.17. The van der Waals surface area contributed by atoms with Crippen molar-refractivity contribution in [2.24, 2.45) is 0 Å². The molecule has 0 heterocycles. The van der Waals surface area contributed by atoms with Crippen LogP contribution in [0.25, 0.3) is 0 Å². The third-order valence-corrected chi connectivity index (χ3v) is 4.05. The minimum Gasteiger partial charge on any atom is -0.394 e. The van der Waals surface area contributed by atoms with Crippen molar-refractivity contribution < 1.29 is 9.90 Å². The van der Waals surface area contributed by atoms with E-state index >= 15 is 0 Å². The third kappa shape index (κ3) is 2.98. The van der Waals surface area contributed by atoms with Gasteiger partial charge in [-0.1, -0.05) is 36.4 Å². The zero-order valence-electron chi connectivity index (χ0n) is 11.9. The van der Waals surface area contributed by atoms with Crippen molar-refractivity contribution in [2.45, 2.75) is 25.3 Å². The number of fused-ring (bicyclic) bond motifs is 1. The van der Waals surface area contributed by atoms with Gasteiger partial charge in [0.05, 0.1) is 12.6 Å². The largest absolute Gasteiger partial charge is 0.394 e. The number of hydrogen-bond donors (Lipinski definition) is 2. The van der Waals surface area contributed by atoms with Crippen LogP contribution in [-0.4, -0.2) is 17.6 Å². The van der Waals surface area contributed by atoms with Gasteiger partial charge >= 0.3 is 0 Å². The Kier molecular flexibility index (Phi) is 4.02. The lowest BCUT2D eigenvalue weighted by Gasteiger charge is -2.17. The second kappa shape index (κ2) is 6.10. The number of rotatable bonds is 4. The molecule has 21 heavy (non-hydrogen) atoms. The summed E-state index contributed by atoms with van der Waals surface area (Å²) in [5.74, 6) is -0.132. The first-order valence-corrected chi connectivity index (χ1v) is 7.36. The first-order valence-electron chi connectivity index (χ1n) is 7.36. The summed E-state index contributed by atoms with van der Waals surface area (Å²) in [6, 6.07) is 15.1. The van der Waals surface area contributed by atoms with E-state index in [4.69, 9.17) is 0 Å². The Morgan fingerprint density at radius 1 is 1.10 bits per heavy atom. The van der Waals surface area contributed by atoms with E-state index in [2.05, 4.69) is 5.32 Å². The number of carbonyl (C=O) groups excluding carboxylic acids is 1. The van der Waals surface area contributed by atoms with E-state index in [0.29, 0.717) is 5.56 Å². The first kappa shape index (κ1) is 13.8. The molecule has 1 aliphatic carbocycles. The van der Waals surface area contributed by atoms with Crippen LogP contribution in [0.3, 0.4) is 0 Å². The number of aryl methyl sites for hydroxylation is 2. The van der Waals surface area contributed by atoms with E-state index in [1.54, 1.807) is 0 Å². The number of aliphatic hydroxyl groups excluding tert-OH is 1. The molecule has 3 nitrogen and oxygen atoms in total. The van der Waals surface area contributed by atoms with Crippen molar-refractivity contribution in [1.29, 1.82) is 0 Å². The summed E-state index contributed by atoms with van der Waals surface area (Å²) in [6.07, 6.45) is 3.34. The molecule has 1 amide bonds. The van der Waals surface area contributed by atoms with Crippen molar-refractivity contribution >= 4 is 5.91 Å². The van der Waals surface area contributed by atoms with Crippen LogP contribution in [0.15, 0.2) is 48.5 Å². The second-order valence-corrected chi connectivity index (χ2v) is 5.46. The summed E-state index contributed by atoms with van der Waals surface area (Å²) in [6.45, 7) is -0.110. The van der Waals surface area contributed by atoms with Crippen LogP contribution < -0.4 is 5.32 Å². The molecule has 3 heteroatoms. The van der Waals surface area contributed by atoms with Gasteiger partial charge in [-0.3, -0.25) is 4.79 Å². The van der Waals surface area contributed by atoms with Gasteiger partial charge in [-0.25, -0.2) is 0 Å². The van der Waals surface area contributed by atoms with Crippen LogP contribution in [0.2, 0.25) is 0 Å². The molecule has 2 N–H and O–H groups in total. The number of amides is 1. The van der Waals surface area contributed by atoms with Crippen molar-refractivity contribution in [1.82, 2.24) is 5.32 Å². The first-order chi connectivity index (χ1) is 10.3. The smallest absolute Gasteiger partial charge is 0.251 e. The fourth-order valence-corrected chi connectivity index (χ4v) is 2.87. The van der Waals surface area contributed by atoms with Crippen LogP contribution in [0, 0.1) is 0 Å². The average molecular weight is 281 g/mol. The molecule has 0 saturated carbocycles. The highest BCUT2D eigenvalue weighted by atomic mass is 16.3. The van der Waals surface area contributed by atoms with Crippen LogP contribution in [0.1, 0.15) is 39.5 Å². The van der Waals surface area contributed by atoms with E-state index < -0.39 is 0 Å². The normalized spacial score (nSPS) is 14.5. The Hall–Kier alpha value is -2.13. The van der Waals surface area contributed by atoms with Gasteiger partial charge in [0, 0.05) is 5.56 Å². The molecule has 0 fully saturated rings. The summed E-state index contributed by atoms with van der Waals surface area (Å²) in [5.41, 5.74) is 4.22.